The lowest BCUT2D eigenvalue weighted by molar-refractivity contribution is 1.22. The summed E-state index contributed by atoms with van der Waals surface area (Å²) in [4.78, 5) is 4.21. The standard InChI is InChI=1S/C8H12BrN3/c1-5-6(9)4-12-8(11-3)7(5)10-2/h4,10H,1-3H3,(H,11,12). The van der Waals surface area contributed by atoms with Crippen LogP contribution < -0.4 is 10.6 Å². The van der Waals surface area contributed by atoms with Crippen molar-refractivity contribution in [1.29, 1.82) is 0 Å². The molecule has 0 unspecified atom stereocenters. The van der Waals surface area contributed by atoms with Crippen LogP contribution in [0.1, 0.15) is 5.56 Å². The predicted octanol–water partition coefficient (Wildman–Crippen LogP) is 2.24. The van der Waals surface area contributed by atoms with Crippen molar-refractivity contribution in [2.75, 3.05) is 24.7 Å². The summed E-state index contributed by atoms with van der Waals surface area (Å²) in [7, 11) is 3.74. The predicted molar refractivity (Wildman–Crippen MR) is 55.8 cm³/mol. The molecule has 0 saturated heterocycles. The van der Waals surface area contributed by atoms with Crippen molar-refractivity contribution < 1.29 is 0 Å². The Labute approximate surface area is 80.7 Å². The molecule has 1 aromatic rings. The highest BCUT2D eigenvalue weighted by Crippen LogP contribution is 2.28. The van der Waals surface area contributed by atoms with E-state index < -0.39 is 0 Å². The van der Waals surface area contributed by atoms with Crippen LogP contribution >= 0.6 is 15.9 Å². The third-order valence-corrected chi connectivity index (χ3v) is 2.56. The first-order chi connectivity index (χ1) is 5.70. The number of nitrogens with zero attached hydrogens (tertiary/aromatic N) is 1. The Morgan fingerprint density at radius 3 is 2.50 bits per heavy atom. The first kappa shape index (κ1) is 9.32. The molecule has 0 amide bonds. The molecule has 0 bridgehead atoms. The third kappa shape index (κ3) is 1.53. The van der Waals surface area contributed by atoms with Gasteiger partial charge in [0.2, 0.25) is 0 Å². The number of hydrogen-bond donors (Lipinski definition) is 2. The van der Waals surface area contributed by atoms with E-state index in [0.717, 1.165) is 21.5 Å². The summed E-state index contributed by atoms with van der Waals surface area (Å²) < 4.78 is 1.02. The molecular weight excluding hydrogens is 218 g/mol. The Hall–Kier alpha value is -0.770. The summed E-state index contributed by atoms with van der Waals surface area (Å²) >= 11 is 3.42. The molecule has 2 N–H and O–H groups in total. The molecule has 1 rings (SSSR count). The summed E-state index contributed by atoms with van der Waals surface area (Å²) in [6, 6.07) is 0. The van der Waals surface area contributed by atoms with Crippen LogP contribution in [0.2, 0.25) is 0 Å². The zero-order valence-electron chi connectivity index (χ0n) is 7.40. The molecule has 0 spiro atoms. The lowest BCUT2D eigenvalue weighted by Crippen LogP contribution is -2.01. The number of rotatable bonds is 2. The van der Waals surface area contributed by atoms with Crippen molar-refractivity contribution in [3.05, 3.63) is 16.2 Å². The molecule has 0 aromatic carbocycles. The molecule has 0 aliphatic heterocycles. The highest BCUT2D eigenvalue weighted by Gasteiger charge is 2.06. The number of nitrogens with one attached hydrogen (secondary N) is 2. The number of anilines is 2. The van der Waals surface area contributed by atoms with Crippen molar-refractivity contribution in [2.24, 2.45) is 0 Å². The second-order valence-corrected chi connectivity index (χ2v) is 3.31. The summed E-state index contributed by atoms with van der Waals surface area (Å²) in [5.41, 5.74) is 2.20. The zero-order chi connectivity index (χ0) is 9.14. The molecule has 0 saturated carbocycles. The van der Waals surface area contributed by atoms with Gasteiger partial charge in [0.25, 0.3) is 0 Å². The van der Waals surface area contributed by atoms with Gasteiger partial charge >= 0.3 is 0 Å². The van der Waals surface area contributed by atoms with Gasteiger partial charge in [0.15, 0.2) is 0 Å². The van der Waals surface area contributed by atoms with Crippen LogP contribution in [0.3, 0.4) is 0 Å². The minimum absolute atomic E-state index is 0.873. The third-order valence-electron chi connectivity index (χ3n) is 1.76. The van der Waals surface area contributed by atoms with E-state index in [1.54, 1.807) is 6.20 Å². The van der Waals surface area contributed by atoms with Crippen LogP contribution in [-0.2, 0) is 0 Å². The highest BCUT2D eigenvalue weighted by atomic mass is 79.9. The van der Waals surface area contributed by atoms with Gasteiger partial charge in [0.05, 0.1) is 5.69 Å². The first-order valence-corrected chi connectivity index (χ1v) is 4.50. The Kier molecular flexibility index (Phi) is 2.92. The number of hydrogen-bond acceptors (Lipinski definition) is 3. The molecule has 0 radical (unpaired) electrons. The van der Waals surface area contributed by atoms with E-state index in [1.165, 1.54) is 0 Å². The largest absolute Gasteiger partial charge is 0.385 e. The maximum Gasteiger partial charge on any atom is 0.149 e. The van der Waals surface area contributed by atoms with Crippen LogP contribution in [0.25, 0.3) is 0 Å². The van der Waals surface area contributed by atoms with Crippen LogP contribution in [0.5, 0.6) is 0 Å². The van der Waals surface area contributed by atoms with E-state index in [0.29, 0.717) is 0 Å². The molecular formula is C8H12BrN3. The van der Waals surface area contributed by atoms with Gasteiger partial charge < -0.3 is 10.6 Å². The molecule has 4 heteroatoms. The average molecular weight is 230 g/mol. The Morgan fingerprint density at radius 1 is 1.33 bits per heavy atom. The van der Waals surface area contributed by atoms with Crippen molar-refractivity contribution in [3.63, 3.8) is 0 Å². The van der Waals surface area contributed by atoms with Crippen LogP contribution in [0, 0.1) is 6.92 Å². The summed E-state index contributed by atoms with van der Waals surface area (Å²) in [5, 5.41) is 6.12. The minimum atomic E-state index is 0.873. The normalized spacial score (nSPS) is 9.67. The second-order valence-electron chi connectivity index (χ2n) is 2.45. The minimum Gasteiger partial charge on any atom is -0.385 e. The fourth-order valence-electron chi connectivity index (χ4n) is 1.08. The zero-order valence-corrected chi connectivity index (χ0v) is 8.99. The quantitative estimate of drug-likeness (QED) is 0.817. The Morgan fingerprint density at radius 2 is 2.00 bits per heavy atom. The fraction of sp³-hybridized carbons (Fsp3) is 0.375. The smallest absolute Gasteiger partial charge is 0.149 e. The van der Waals surface area contributed by atoms with Crippen molar-refractivity contribution in [1.82, 2.24) is 4.98 Å². The van der Waals surface area contributed by atoms with Crippen LogP contribution in [-0.4, -0.2) is 19.1 Å². The van der Waals surface area contributed by atoms with Crippen LogP contribution in [0.4, 0.5) is 11.5 Å². The molecule has 12 heavy (non-hydrogen) atoms. The Balaban J connectivity index is 3.25. The maximum absolute atomic E-state index is 4.21. The fourth-order valence-corrected chi connectivity index (χ4v) is 1.38. The lowest BCUT2D eigenvalue weighted by Gasteiger charge is -2.11. The van der Waals surface area contributed by atoms with Crippen molar-refractivity contribution in [3.8, 4) is 0 Å². The average Bonchev–Trinajstić information content (AvgIpc) is 2.09. The molecule has 0 atom stereocenters. The molecule has 3 nitrogen and oxygen atoms in total. The first-order valence-electron chi connectivity index (χ1n) is 3.71. The molecule has 0 aliphatic rings. The van der Waals surface area contributed by atoms with Gasteiger partial charge in [-0.2, -0.15) is 0 Å². The van der Waals surface area contributed by atoms with Gasteiger partial charge in [-0.05, 0) is 28.4 Å². The van der Waals surface area contributed by atoms with E-state index in [-0.39, 0.29) is 0 Å². The molecule has 0 aliphatic carbocycles. The lowest BCUT2D eigenvalue weighted by atomic mass is 10.2. The van der Waals surface area contributed by atoms with E-state index in [9.17, 15) is 0 Å². The molecule has 1 aromatic heterocycles. The van der Waals surface area contributed by atoms with E-state index in [2.05, 4.69) is 31.5 Å². The molecule has 66 valence electrons. The number of halogens is 1. The van der Waals surface area contributed by atoms with Gasteiger partial charge in [-0.1, -0.05) is 0 Å². The van der Waals surface area contributed by atoms with E-state index >= 15 is 0 Å². The summed E-state index contributed by atoms with van der Waals surface area (Å²) in [5.74, 6) is 0.873. The van der Waals surface area contributed by atoms with Gasteiger partial charge in [0, 0.05) is 24.8 Å². The molecule has 1 heterocycles. The van der Waals surface area contributed by atoms with Gasteiger partial charge in [0.1, 0.15) is 5.82 Å². The molecule has 0 fully saturated rings. The van der Waals surface area contributed by atoms with Gasteiger partial charge in [-0.15, -0.1) is 0 Å². The SMILES string of the molecule is CNc1ncc(Br)c(C)c1NC. The Bertz CT molecular complexity index is 286. The van der Waals surface area contributed by atoms with Crippen molar-refractivity contribution in [2.45, 2.75) is 6.92 Å². The van der Waals surface area contributed by atoms with E-state index in [4.69, 9.17) is 0 Å². The summed E-state index contributed by atoms with van der Waals surface area (Å²) in [6.45, 7) is 2.04. The van der Waals surface area contributed by atoms with Crippen LogP contribution in [0.15, 0.2) is 10.7 Å². The number of pyridine rings is 1. The van der Waals surface area contributed by atoms with Gasteiger partial charge in [-0.3, -0.25) is 0 Å². The van der Waals surface area contributed by atoms with E-state index in [1.807, 2.05) is 21.0 Å². The topological polar surface area (TPSA) is 37.0 Å². The van der Waals surface area contributed by atoms with Crippen molar-refractivity contribution >= 4 is 27.4 Å². The summed E-state index contributed by atoms with van der Waals surface area (Å²) in [6.07, 6.45) is 1.79. The maximum atomic E-state index is 4.21. The van der Waals surface area contributed by atoms with Gasteiger partial charge in [-0.25, -0.2) is 4.98 Å². The second kappa shape index (κ2) is 3.76. The monoisotopic (exact) mass is 229 g/mol. The number of aromatic nitrogens is 1. The highest BCUT2D eigenvalue weighted by molar-refractivity contribution is 9.10.